The largest absolute Gasteiger partial charge is 0.420 e. The molecule has 102 valence electrons. The predicted octanol–water partition coefficient (Wildman–Crippen LogP) is 3.76. The summed E-state index contributed by atoms with van der Waals surface area (Å²) in [5.41, 5.74) is 0. The molecule has 1 saturated carbocycles. The van der Waals surface area contributed by atoms with Crippen molar-refractivity contribution in [3.63, 3.8) is 0 Å². The highest BCUT2D eigenvalue weighted by atomic mass is 19.4. The molecule has 2 unspecified atom stereocenters. The minimum atomic E-state index is -5.27. The average Bonchev–Trinajstić information content (AvgIpc) is 2.27. The van der Waals surface area contributed by atoms with Gasteiger partial charge >= 0.3 is 6.18 Å². The third kappa shape index (κ3) is 3.30. The monoisotopic (exact) mass is 260 g/mol. The summed E-state index contributed by atoms with van der Waals surface area (Å²) in [5, 5.41) is 8.74. The molecule has 0 radical (unpaired) electrons. The van der Waals surface area contributed by atoms with Crippen LogP contribution in [0.2, 0.25) is 0 Å². The minimum Gasteiger partial charge on any atom is -0.379 e. The van der Waals surface area contributed by atoms with E-state index in [1.807, 2.05) is 0 Å². The highest BCUT2D eigenvalue weighted by Crippen LogP contribution is 2.43. The van der Waals surface area contributed by atoms with Crippen LogP contribution in [-0.2, 0) is 0 Å². The van der Waals surface area contributed by atoms with Gasteiger partial charge in [-0.2, -0.15) is 13.2 Å². The number of hydrogen-bond acceptors (Lipinski definition) is 1. The number of halogens is 5. The first-order chi connectivity index (χ1) is 7.67. The topological polar surface area (TPSA) is 20.2 Å². The van der Waals surface area contributed by atoms with Crippen molar-refractivity contribution in [2.24, 2.45) is 11.8 Å². The van der Waals surface area contributed by atoms with Crippen molar-refractivity contribution in [1.82, 2.24) is 0 Å². The van der Waals surface area contributed by atoms with Gasteiger partial charge in [0.15, 0.2) is 0 Å². The molecule has 0 spiro atoms. The van der Waals surface area contributed by atoms with Gasteiger partial charge in [0.25, 0.3) is 5.92 Å². The van der Waals surface area contributed by atoms with Crippen LogP contribution in [-0.4, -0.2) is 23.3 Å². The van der Waals surface area contributed by atoms with Gasteiger partial charge in [-0.25, -0.2) is 8.78 Å². The summed E-state index contributed by atoms with van der Waals surface area (Å²) in [6.45, 7) is 1.10. The van der Waals surface area contributed by atoms with Crippen LogP contribution in [0, 0.1) is 11.8 Å². The molecule has 0 aromatic rings. The fourth-order valence-electron chi connectivity index (χ4n) is 2.42. The molecular formula is C11H17F5O. The Labute approximate surface area is 97.0 Å². The van der Waals surface area contributed by atoms with Crippen molar-refractivity contribution < 1.29 is 27.1 Å². The maximum atomic E-state index is 13.5. The van der Waals surface area contributed by atoms with Gasteiger partial charge in [0.05, 0.1) is 0 Å². The Balaban J connectivity index is 2.74. The Kier molecular flexibility index (Phi) is 4.38. The van der Waals surface area contributed by atoms with E-state index in [-0.39, 0.29) is 0 Å². The first-order valence-electron chi connectivity index (χ1n) is 5.80. The molecule has 1 aliphatic carbocycles. The number of aliphatic hydroxyl groups is 1. The summed E-state index contributed by atoms with van der Waals surface area (Å²) in [6.07, 6.45) is -5.32. The molecule has 0 bridgehead atoms. The summed E-state index contributed by atoms with van der Waals surface area (Å²) in [7, 11) is 0. The molecule has 1 aliphatic rings. The Morgan fingerprint density at radius 3 is 1.88 bits per heavy atom. The summed E-state index contributed by atoms with van der Waals surface area (Å²) in [6, 6.07) is 0. The lowest BCUT2D eigenvalue weighted by atomic mass is 9.77. The van der Waals surface area contributed by atoms with Gasteiger partial charge in [0.1, 0.15) is 0 Å². The van der Waals surface area contributed by atoms with E-state index in [9.17, 15) is 22.0 Å². The summed E-state index contributed by atoms with van der Waals surface area (Å²) < 4.78 is 63.5. The Hall–Kier alpha value is -0.390. The van der Waals surface area contributed by atoms with Gasteiger partial charge in [-0.15, -0.1) is 0 Å². The number of rotatable bonds is 3. The lowest BCUT2D eigenvalue weighted by Gasteiger charge is -2.36. The molecule has 0 aromatic carbocycles. The molecular weight excluding hydrogens is 243 g/mol. The molecule has 2 atom stereocenters. The quantitative estimate of drug-likeness (QED) is 0.766. The van der Waals surface area contributed by atoms with Crippen LogP contribution >= 0.6 is 0 Å². The first-order valence-corrected chi connectivity index (χ1v) is 5.80. The molecule has 1 N–H and O–H groups in total. The fourth-order valence-corrected chi connectivity index (χ4v) is 2.42. The van der Waals surface area contributed by atoms with Crippen LogP contribution in [0.25, 0.3) is 0 Å². The van der Waals surface area contributed by atoms with Crippen LogP contribution in [0.15, 0.2) is 0 Å². The molecule has 6 heteroatoms. The van der Waals surface area contributed by atoms with E-state index in [1.165, 1.54) is 0 Å². The van der Waals surface area contributed by atoms with Crippen molar-refractivity contribution in [2.45, 2.75) is 57.2 Å². The van der Waals surface area contributed by atoms with E-state index in [2.05, 4.69) is 0 Å². The van der Waals surface area contributed by atoms with Gasteiger partial charge in [0.2, 0.25) is 6.10 Å². The third-order valence-corrected chi connectivity index (χ3v) is 3.64. The van der Waals surface area contributed by atoms with Crippen LogP contribution in [0.4, 0.5) is 22.0 Å². The maximum Gasteiger partial charge on any atom is 0.420 e. The maximum absolute atomic E-state index is 13.5. The van der Waals surface area contributed by atoms with Crippen LogP contribution < -0.4 is 0 Å². The Bertz CT molecular complexity index is 245. The second-order valence-electron chi connectivity index (χ2n) is 4.81. The molecule has 0 aromatic heterocycles. The molecule has 0 amide bonds. The van der Waals surface area contributed by atoms with Gasteiger partial charge in [-0.3, -0.25) is 0 Å². The van der Waals surface area contributed by atoms with E-state index in [1.54, 1.807) is 0 Å². The second-order valence-corrected chi connectivity index (χ2v) is 4.81. The zero-order chi connectivity index (χ0) is 13.3. The molecule has 1 fully saturated rings. The van der Waals surface area contributed by atoms with Crippen molar-refractivity contribution in [1.29, 1.82) is 0 Å². The Morgan fingerprint density at radius 2 is 1.47 bits per heavy atom. The van der Waals surface area contributed by atoms with Gasteiger partial charge in [-0.05, 0) is 18.8 Å². The molecule has 1 rings (SSSR count). The summed E-state index contributed by atoms with van der Waals surface area (Å²) in [5.74, 6) is -5.99. The van der Waals surface area contributed by atoms with Crippen molar-refractivity contribution in [3.8, 4) is 0 Å². The average molecular weight is 260 g/mol. The van der Waals surface area contributed by atoms with E-state index in [0.29, 0.717) is 12.8 Å². The molecule has 1 nitrogen and oxygen atoms in total. The van der Waals surface area contributed by atoms with E-state index in [0.717, 1.165) is 26.2 Å². The molecule has 0 heterocycles. The van der Waals surface area contributed by atoms with Crippen molar-refractivity contribution in [2.75, 3.05) is 0 Å². The smallest absolute Gasteiger partial charge is 0.379 e. The molecule has 0 saturated heterocycles. The zero-order valence-electron chi connectivity index (χ0n) is 9.60. The van der Waals surface area contributed by atoms with Crippen LogP contribution in [0.1, 0.15) is 39.0 Å². The summed E-state index contributed by atoms with van der Waals surface area (Å²) >= 11 is 0. The normalized spacial score (nSPS) is 23.5. The molecule has 17 heavy (non-hydrogen) atoms. The van der Waals surface area contributed by atoms with E-state index in [4.69, 9.17) is 5.11 Å². The fraction of sp³-hybridized carbons (Fsp3) is 1.00. The van der Waals surface area contributed by atoms with Gasteiger partial charge < -0.3 is 5.11 Å². The SMILES string of the molecule is CC(C1CCCCC1)C(F)(F)C(O)C(F)(F)F. The molecule has 0 aliphatic heterocycles. The summed E-state index contributed by atoms with van der Waals surface area (Å²) in [4.78, 5) is 0. The Morgan fingerprint density at radius 1 is 1.00 bits per heavy atom. The predicted molar refractivity (Wildman–Crippen MR) is 52.7 cm³/mol. The van der Waals surface area contributed by atoms with Crippen LogP contribution in [0.3, 0.4) is 0 Å². The third-order valence-electron chi connectivity index (χ3n) is 3.64. The number of hydrogen-bond donors (Lipinski definition) is 1. The zero-order valence-corrected chi connectivity index (χ0v) is 9.60. The minimum absolute atomic E-state index is 0.434. The lowest BCUT2D eigenvalue weighted by molar-refractivity contribution is -0.285. The number of aliphatic hydroxyl groups excluding tert-OH is 1. The standard InChI is InChI=1S/C11H17F5O/c1-7(8-5-3-2-4-6-8)10(12,13)9(17)11(14,15)16/h7-9,17H,2-6H2,1H3. The van der Waals surface area contributed by atoms with Crippen molar-refractivity contribution in [3.05, 3.63) is 0 Å². The van der Waals surface area contributed by atoms with E-state index < -0.39 is 30.0 Å². The van der Waals surface area contributed by atoms with E-state index >= 15 is 0 Å². The number of alkyl halides is 5. The highest BCUT2D eigenvalue weighted by Gasteiger charge is 2.58. The first kappa shape index (κ1) is 14.7. The van der Waals surface area contributed by atoms with Crippen molar-refractivity contribution >= 4 is 0 Å². The van der Waals surface area contributed by atoms with Crippen LogP contribution in [0.5, 0.6) is 0 Å². The lowest BCUT2D eigenvalue weighted by Crippen LogP contribution is -2.50. The second kappa shape index (κ2) is 5.08. The van der Waals surface area contributed by atoms with Gasteiger partial charge in [-0.1, -0.05) is 26.2 Å². The highest BCUT2D eigenvalue weighted by molar-refractivity contribution is 4.90. The van der Waals surface area contributed by atoms with Gasteiger partial charge in [0, 0.05) is 5.92 Å².